The van der Waals surface area contributed by atoms with Crippen molar-refractivity contribution in [2.45, 2.75) is 12.5 Å². The number of ether oxygens (including phenoxy) is 1. The van der Waals surface area contributed by atoms with E-state index in [0.29, 0.717) is 0 Å². The SMILES string of the molecule is O=CC=C1Cc2ccccc2OC1c1ccccc1. The van der Waals surface area contributed by atoms with Crippen molar-refractivity contribution in [1.82, 2.24) is 0 Å². The summed E-state index contributed by atoms with van der Waals surface area (Å²) in [5, 5.41) is 0. The van der Waals surface area contributed by atoms with Crippen LogP contribution in [-0.2, 0) is 11.2 Å². The van der Waals surface area contributed by atoms with E-state index in [2.05, 4.69) is 0 Å². The van der Waals surface area contributed by atoms with E-state index in [1.165, 1.54) is 0 Å². The summed E-state index contributed by atoms with van der Waals surface area (Å²) >= 11 is 0. The van der Waals surface area contributed by atoms with Crippen LogP contribution in [0.5, 0.6) is 5.75 Å². The second-order valence-corrected chi connectivity index (χ2v) is 4.57. The molecular formula is C17H14O2. The molecule has 1 unspecified atom stereocenters. The van der Waals surface area contributed by atoms with E-state index in [9.17, 15) is 4.79 Å². The van der Waals surface area contributed by atoms with Crippen molar-refractivity contribution in [3.05, 3.63) is 77.4 Å². The van der Waals surface area contributed by atoms with E-state index in [1.54, 1.807) is 6.08 Å². The highest BCUT2D eigenvalue weighted by atomic mass is 16.5. The molecule has 2 aromatic rings. The number of benzene rings is 2. The van der Waals surface area contributed by atoms with Gasteiger partial charge in [-0.2, -0.15) is 0 Å². The molecule has 0 saturated carbocycles. The Labute approximate surface area is 112 Å². The molecule has 2 aromatic carbocycles. The van der Waals surface area contributed by atoms with Crippen LogP contribution >= 0.6 is 0 Å². The predicted molar refractivity (Wildman–Crippen MR) is 74.1 cm³/mol. The second-order valence-electron chi connectivity index (χ2n) is 4.57. The fourth-order valence-electron chi connectivity index (χ4n) is 2.42. The molecule has 1 aliphatic heterocycles. The van der Waals surface area contributed by atoms with Crippen LogP contribution in [0.4, 0.5) is 0 Å². The molecule has 0 radical (unpaired) electrons. The maximum absolute atomic E-state index is 10.8. The molecule has 2 heteroatoms. The van der Waals surface area contributed by atoms with Gasteiger partial charge >= 0.3 is 0 Å². The molecule has 94 valence electrons. The normalized spacial score (nSPS) is 19.6. The summed E-state index contributed by atoms with van der Waals surface area (Å²) in [6.07, 6.45) is 3.05. The van der Waals surface area contributed by atoms with Crippen LogP contribution in [0.15, 0.2) is 66.2 Å². The first kappa shape index (κ1) is 11.7. The van der Waals surface area contributed by atoms with E-state index < -0.39 is 0 Å². The quantitative estimate of drug-likeness (QED) is 0.602. The van der Waals surface area contributed by atoms with Crippen LogP contribution in [0.3, 0.4) is 0 Å². The molecule has 0 N–H and O–H groups in total. The number of allylic oxidation sites excluding steroid dienone is 1. The molecule has 0 aromatic heterocycles. The van der Waals surface area contributed by atoms with Crippen LogP contribution in [0.25, 0.3) is 0 Å². The Morgan fingerprint density at radius 3 is 2.53 bits per heavy atom. The molecule has 19 heavy (non-hydrogen) atoms. The first-order valence-electron chi connectivity index (χ1n) is 6.32. The summed E-state index contributed by atoms with van der Waals surface area (Å²) < 4.78 is 6.06. The van der Waals surface area contributed by atoms with E-state index in [-0.39, 0.29) is 6.10 Å². The Hall–Kier alpha value is -2.35. The Kier molecular flexibility index (Phi) is 3.15. The van der Waals surface area contributed by atoms with Crippen molar-refractivity contribution < 1.29 is 9.53 Å². The molecule has 1 heterocycles. The summed E-state index contributed by atoms with van der Waals surface area (Å²) in [5.74, 6) is 0.902. The van der Waals surface area contributed by atoms with Gasteiger partial charge in [0.05, 0.1) is 0 Å². The van der Waals surface area contributed by atoms with Crippen molar-refractivity contribution >= 4 is 6.29 Å². The van der Waals surface area contributed by atoms with Crippen molar-refractivity contribution in [3.8, 4) is 5.75 Å². The first-order chi connectivity index (χ1) is 9.38. The van der Waals surface area contributed by atoms with Gasteiger partial charge in [-0.15, -0.1) is 0 Å². The smallest absolute Gasteiger partial charge is 0.146 e. The zero-order chi connectivity index (χ0) is 13.1. The molecule has 1 aliphatic rings. The summed E-state index contributed by atoms with van der Waals surface area (Å²) in [7, 11) is 0. The van der Waals surface area contributed by atoms with Gasteiger partial charge in [-0.1, -0.05) is 48.5 Å². The monoisotopic (exact) mass is 250 g/mol. The zero-order valence-corrected chi connectivity index (χ0v) is 10.5. The number of hydrogen-bond donors (Lipinski definition) is 0. The lowest BCUT2D eigenvalue weighted by atomic mass is 9.92. The lowest BCUT2D eigenvalue weighted by Gasteiger charge is -2.28. The molecule has 1 atom stereocenters. The van der Waals surface area contributed by atoms with Crippen LogP contribution in [0.2, 0.25) is 0 Å². The Balaban J connectivity index is 2.04. The van der Waals surface area contributed by atoms with Crippen molar-refractivity contribution in [2.24, 2.45) is 0 Å². The average molecular weight is 250 g/mol. The lowest BCUT2D eigenvalue weighted by molar-refractivity contribution is -0.104. The zero-order valence-electron chi connectivity index (χ0n) is 10.5. The molecule has 0 aliphatic carbocycles. The van der Waals surface area contributed by atoms with Gasteiger partial charge in [0.15, 0.2) is 0 Å². The van der Waals surface area contributed by atoms with Crippen LogP contribution in [0, 0.1) is 0 Å². The van der Waals surface area contributed by atoms with E-state index in [0.717, 1.165) is 35.2 Å². The summed E-state index contributed by atoms with van der Waals surface area (Å²) in [5.41, 5.74) is 3.20. The fourth-order valence-corrected chi connectivity index (χ4v) is 2.42. The molecule has 0 bridgehead atoms. The van der Waals surface area contributed by atoms with Gasteiger partial charge in [0, 0.05) is 6.42 Å². The third-order valence-electron chi connectivity index (χ3n) is 3.33. The highest BCUT2D eigenvalue weighted by Crippen LogP contribution is 2.37. The van der Waals surface area contributed by atoms with Crippen LogP contribution in [0.1, 0.15) is 17.2 Å². The minimum absolute atomic E-state index is 0.165. The minimum atomic E-state index is -0.165. The van der Waals surface area contributed by atoms with Crippen LogP contribution < -0.4 is 4.74 Å². The topological polar surface area (TPSA) is 26.3 Å². The lowest BCUT2D eigenvalue weighted by Crippen LogP contribution is -2.18. The molecule has 0 amide bonds. The Morgan fingerprint density at radius 2 is 1.74 bits per heavy atom. The standard InChI is InChI=1S/C17H14O2/c18-11-10-15-12-14-8-4-5-9-16(14)19-17(15)13-6-2-1-3-7-13/h1-11,17H,12H2. The molecular weight excluding hydrogens is 236 g/mol. The number of para-hydroxylation sites is 1. The van der Waals surface area contributed by atoms with Gasteiger partial charge in [0.25, 0.3) is 0 Å². The molecule has 2 nitrogen and oxygen atoms in total. The maximum atomic E-state index is 10.8. The van der Waals surface area contributed by atoms with Gasteiger partial charge in [-0.25, -0.2) is 0 Å². The largest absolute Gasteiger partial charge is 0.481 e. The van der Waals surface area contributed by atoms with Gasteiger partial charge in [0.2, 0.25) is 0 Å². The maximum Gasteiger partial charge on any atom is 0.146 e. The van der Waals surface area contributed by atoms with Gasteiger partial charge in [-0.3, -0.25) is 4.79 Å². The van der Waals surface area contributed by atoms with E-state index in [4.69, 9.17) is 4.74 Å². The van der Waals surface area contributed by atoms with Crippen molar-refractivity contribution in [2.75, 3.05) is 0 Å². The molecule has 0 spiro atoms. The van der Waals surface area contributed by atoms with Crippen molar-refractivity contribution in [3.63, 3.8) is 0 Å². The Morgan fingerprint density at radius 1 is 1.00 bits per heavy atom. The van der Waals surface area contributed by atoms with E-state index in [1.807, 2.05) is 54.6 Å². The second kappa shape index (κ2) is 5.11. The molecule has 0 saturated heterocycles. The average Bonchev–Trinajstić information content (AvgIpc) is 2.48. The number of fused-ring (bicyclic) bond motifs is 1. The van der Waals surface area contributed by atoms with Gasteiger partial charge in [0.1, 0.15) is 18.1 Å². The highest BCUT2D eigenvalue weighted by Gasteiger charge is 2.25. The minimum Gasteiger partial charge on any atom is -0.481 e. The molecule has 0 fully saturated rings. The number of carbonyl (C=O) groups excluding carboxylic acids is 1. The number of aldehydes is 1. The summed E-state index contributed by atoms with van der Waals surface area (Å²) in [4.78, 5) is 10.8. The highest BCUT2D eigenvalue weighted by molar-refractivity contribution is 5.67. The van der Waals surface area contributed by atoms with Crippen molar-refractivity contribution in [1.29, 1.82) is 0 Å². The van der Waals surface area contributed by atoms with Crippen LogP contribution in [-0.4, -0.2) is 6.29 Å². The third kappa shape index (κ3) is 2.29. The number of hydrogen-bond acceptors (Lipinski definition) is 2. The van der Waals surface area contributed by atoms with Gasteiger partial charge in [-0.05, 0) is 28.8 Å². The Bertz CT molecular complexity index is 614. The third-order valence-corrected chi connectivity index (χ3v) is 3.33. The predicted octanol–water partition coefficient (Wildman–Crippen LogP) is 3.49. The number of carbonyl (C=O) groups is 1. The number of rotatable bonds is 2. The van der Waals surface area contributed by atoms with E-state index >= 15 is 0 Å². The summed E-state index contributed by atoms with van der Waals surface area (Å²) in [6, 6.07) is 18.0. The fraction of sp³-hybridized carbons (Fsp3) is 0.118. The van der Waals surface area contributed by atoms with Gasteiger partial charge < -0.3 is 4.74 Å². The first-order valence-corrected chi connectivity index (χ1v) is 6.32. The summed E-state index contributed by atoms with van der Waals surface area (Å²) in [6.45, 7) is 0. The molecule has 3 rings (SSSR count).